The van der Waals surface area contributed by atoms with Crippen LogP contribution in [0.15, 0.2) is 30.5 Å². The van der Waals surface area contributed by atoms with Gasteiger partial charge in [-0.15, -0.1) is 0 Å². The second-order valence-electron chi connectivity index (χ2n) is 4.51. The largest absolute Gasteiger partial charge is 0.326 e. The Bertz CT molecular complexity index is 630. The van der Waals surface area contributed by atoms with Gasteiger partial charge in [0.1, 0.15) is 11.6 Å². The lowest BCUT2D eigenvalue weighted by Crippen LogP contribution is -2.15. The number of rotatable bonds is 2. The van der Waals surface area contributed by atoms with Crippen molar-refractivity contribution in [3.05, 3.63) is 52.4 Å². The van der Waals surface area contributed by atoms with Crippen LogP contribution in [0.1, 0.15) is 11.1 Å². The number of nitrogens with zero attached hydrogens (tertiary/aromatic N) is 2. The van der Waals surface area contributed by atoms with Gasteiger partial charge in [0.25, 0.3) is 0 Å². The van der Waals surface area contributed by atoms with Gasteiger partial charge in [-0.25, -0.2) is 9.37 Å². The molecule has 0 amide bonds. The molecule has 1 aliphatic heterocycles. The molecule has 2 aromatic rings. The van der Waals surface area contributed by atoms with Crippen LogP contribution in [-0.2, 0) is 13.0 Å². The molecule has 0 radical (unpaired) electrons. The number of pyridine rings is 1. The van der Waals surface area contributed by atoms with Gasteiger partial charge in [-0.05, 0) is 35.7 Å². The Morgan fingerprint density at radius 3 is 3.00 bits per heavy atom. The zero-order valence-corrected chi connectivity index (χ0v) is 11.0. The number of aromatic nitrogens is 1. The quantitative estimate of drug-likeness (QED) is 0.917. The molecule has 0 spiro atoms. The molecule has 98 valence electrons. The van der Waals surface area contributed by atoms with Gasteiger partial charge < -0.3 is 10.6 Å². The summed E-state index contributed by atoms with van der Waals surface area (Å²) in [5, 5.41) is 0.560. The van der Waals surface area contributed by atoms with Crippen molar-refractivity contribution in [1.82, 2.24) is 4.98 Å². The molecule has 1 aliphatic rings. The molecule has 0 bridgehead atoms. The van der Waals surface area contributed by atoms with E-state index in [1.807, 2.05) is 17.0 Å². The summed E-state index contributed by atoms with van der Waals surface area (Å²) in [6.07, 6.45) is 2.48. The highest BCUT2D eigenvalue weighted by atomic mass is 35.5. The Balaban J connectivity index is 2.04. The Kier molecular flexibility index (Phi) is 3.12. The molecule has 0 saturated heterocycles. The number of halogens is 2. The number of nitrogens with two attached hydrogens (primary N) is 1. The molecule has 0 atom stereocenters. The van der Waals surface area contributed by atoms with Crippen LogP contribution in [0.3, 0.4) is 0 Å². The smallest absolute Gasteiger partial charge is 0.133 e. The fraction of sp³-hybridized carbons (Fsp3) is 0.214. The van der Waals surface area contributed by atoms with Gasteiger partial charge in [0, 0.05) is 25.0 Å². The molecule has 0 unspecified atom stereocenters. The number of fused-ring (bicyclic) bond motifs is 1. The minimum Gasteiger partial charge on any atom is -0.326 e. The van der Waals surface area contributed by atoms with Crippen LogP contribution in [0.25, 0.3) is 0 Å². The Labute approximate surface area is 115 Å². The molecule has 5 heteroatoms. The van der Waals surface area contributed by atoms with Crippen LogP contribution < -0.4 is 10.6 Å². The first-order chi connectivity index (χ1) is 9.19. The van der Waals surface area contributed by atoms with Crippen molar-refractivity contribution in [2.24, 2.45) is 5.73 Å². The first-order valence-corrected chi connectivity index (χ1v) is 6.47. The van der Waals surface area contributed by atoms with Gasteiger partial charge in [0.15, 0.2) is 0 Å². The maximum Gasteiger partial charge on any atom is 0.133 e. The van der Waals surface area contributed by atoms with Gasteiger partial charge in [-0.3, -0.25) is 0 Å². The summed E-state index contributed by atoms with van der Waals surface area (Å²) in [6, 6.07) is 6.72. The molecular weight excluding hydrogens is 265 g/mol. The maximum atomic E-state index is 13.4. The summed E-state index contributed by atoms with van der Waals surface area (Å²) in [7, 11) is 0. The fourth-order valence-corrected chi connectivity index (χ4v) is 2.54. The monoisotopic (exact) mass is 277 g/mol. The summed E-state index contributed by atoms with van der Waals surface area (Å²) < 4.78 is 13.4. The molecule has 0 fully saturated rings. The lowest BCUT2D eigenvalue weighted by atomic mass is 10.1. The standard InChI is InChI=1S/C14H13ClFN3/c15-12-8-18-14(5-10(12)7-17)19-4-3-9-1-2-11(16)6-13(9)19/h1-2,5-6,8H,3-4,7,17H2. The van der Waals surface area contributed by atoms with Crippen molar-refractivity contribution in [3.8, 4) is 0 Å². The zero-order valence-electron chi connectivity index (χ0n) is 10.2. The molecule has 2 heterocycles. The minimum absolute atomic E-state index is 0.237. The summed E-state index contributed by atoms with van der Waals surface area (Å²) in [5.41, 5.74) is 8.50. The highest BCUT2D eigenvalue weighted by molar-refractivity contribution is 6.31. The molecule has 1 aromatic carbocycles. The average molecular weight is 278 g/mol. The highest BCUT2D eigenvalue weighted by Crippen LogP contribution is 2.34. The summed E-state index contributed by atoms with van der Waals surface area (Å²) in [6.45, 7) is 1.15. The molecule has 19 heavy (non-hydrogen) atoms. The van der Waals surface area contributed by atoms with Gasteiger partial charge in [0.2, 0.25) is 0 Å². The summed E-state index contributed by atoms with van der Waals surface area (Å²) >= 11 is 6.01. The van der Waals surface area contributed by atoms with Crippen LogP contribution in [0.4, 0.5) is 15.9 Å². The summed E-state index contributed by atoms with van der Waals surface area (Å²) in [5.74, 6) is 0.521. The molecule has 1 aromatic heterocycles. The molecule has 0 aliphatic carbocycles. The molecule has 0 saturated carbocycles. The van der Waals surface area contributed by atoms with E-state index in [-0.39, 0.29) is 5.82 Å². The van der Waals surface area contributed by atoms with Crippen molar-refractivity contribution in [1.29, 1.82) is 0 Å². The highest BCUT2D eigenvalue weighted by Gasteiger charge is 2.22. The van der Waals surface area contributed by atoms with E-state index in [9.17, 15) is 4.39 Å². The number of anilines is 2. The van der Waals surface area contributed by atoms with Crippen LogP contribution in [0.2, 0.25) is 5.02 Å². The van der Waals surface area contributed by atoms with E-state index in [1.54, 1.807) is 12.3 Å². The number of hydrogen-bond donors (Lipinski definition) is 1. The van der Waals surface area contributed by atoms with Gasteiger partial charge in [-0.2, -0.15) is 0 Å². The molecule has 3 rings (SSSR count). The lowest BCUT2D eigenvalue weighted by molar-refractivity contribution is 0.628. The van der Waals surface area contributed by atoms with E-state index in [2.05, 4.69) is 4.98 Å². The van der Waals surface area contributed by atoms with Crippen molar-refractivity contribution in [3.63, 3.8) is 0 Å². The predicted octanol–water partition coefficient (Wildman–Crippen LogP) is 3.03. The third-order valence-corrected chi connectivity index (χ3v) is 3.70. The van der Waals surface area contributed by atoms with Crippen LogP contribution >= 0.6 is 11.6 Å². The number of benzene rings is 1. The summed E-state index contributed by atoms with van der Waals surface area (Å²) in [4.78, 5) is 6.31. The molecular formula is C14H13ClFN3. The average Bonchev–Trinajstić information content (AvgIpc) is 2.82. The van der Waals surface area contributed by atoms with E-state index in [0.717, 1.165) is 35.6 Å². The van der Waals surface area contributed by atoms with Gasteiger partial charge in [-0.1, -0.05) is 17.7 Å². The van der Waals surface area contributed by atoms with E-state index in [1.165, 1.54) is 6.07 Å². The van der Waals surface area contributed by atoms with Gasteiger partial charge in [0.05, 0.1) is 5.02 Å². The van der Waals surface area contributed by atoms with Crippen LogP contribution in [0.5, 0.6) is 0 Å². The normalized spacial score (nSPS) is 13.7. The first-order valence-electron chi connectivity index (χ1n) is 6.09. The Morgan fingerprint density at radius 2 is 2.21 bits per heavy atom. The topological polar surface area (TPSA) is 42.1 Å². The second-order valence-corrected chi connectivity index (χ2v) is 4.92. The van der Waals surface area contributed by atoms with E-state index in [0.29, 0.717) is 11.6 Å². The van der Waals surface area contributed by atoms with Crippen LogP contribution in [-0.4, -0.2) is 11.5 Å². The van der Waals surface area contributed by atoms with Crippen molar-refractivity contribution < 1.29 is 4.39 Å². The lowest BCUT2D eigenvalue weighted by Gasteiger charge is -2.19. The fourth-order valence-electron chi connectivity index (χ4n) is 2.36. The third-order valence-electron chi connectivity index (χ3n) is 3.36. The van der Waals surface area contributed by atoms with E-state index < -0.39 is 0 Å². The predicted molar refractivity (Wildman–Crippen MR) is 74.2 cm³/mol. The third kappa shape index (κ3) is 2.17. The first kappa shape index (κ1) is 12.4. The molecule has 2 N–H and O–H groups in total. The van der Waals surface area contributed by atoms with Crippen molar-refractivity contribution >= 4 is 23.1 Å². The Morgan fingerprint density at radius 1 is 1.37 bits per heavy atom. The number of hydrogen-bond acceptors (Lipinski definition) is 3. The van der Waals surface area contributed by atoms with Crippen molar-refractivity contribution in [2.45, 2.75) is 13.0 Å². The van der Waals surface area contributed by atoms with Crippen LogP contribution in [0, 0.1) is 5.82 Å². The van der Waals surface area contributed by atoms with E-state index in [4.69, 9.17) is 17.3 Å². The maximum absolute atomic E-state index is 13.4. The molecule has 3 nitrogen and oxygen atoms in total. The van der Waals surface area contributed by atoms with Crippen molar-refractivity contribution in [2.75, 3.05) is 11.4 Å². The second kappa shape index (κ2) is 4.79. The minimum atomic E-state index is -0.237. The SMILES string of the molecule is NCc1cc(N2CCc3ccc(F)cc32)ncc1Cl. The van der Waals surface area contributed by atoms with E-state index >= 15 is 0 Å². The Hall–Kier alpha value is -1.65. The zero-order chi connectivity index (χ0) is 13.4. The van der Waals surface area contributed by atoms with Gasteiger partial charge >= 0.3 is 0 Å².